The molecule has 0 aromatic carbocycles. The second kappa shape index (κ2) is 5.63. The third-order valence-electron chi connectivity index (χ3n) is 3.85. The van der Waals surface area contributed by atoms with Gasteiger partial charge in [-0.2, -0.15) is 0 Å². The number of aromatic nitrogens is 3. The van der Waals surface area contributed by atoms with Crippen molar-refractivity contribution in [3.63, 3.8) is 0 Å². The normalized spacial score (nSPS) is 16.0. The summed E-state index contributed by atoms with van der Waals surface area (Å²) in [6, 6.07) is 4.63. The number of pyridine rings is 1. The highest BCUT2D eigenvalue weighted by molar-refractivity contribution is 5.40. The Morgan fingerprint density at radius 1 is 1.30 bits per heavy atom. The van der Waals surface area contributed by atoms with Gasteiger partial charge >= 0.3 is 0 Å². The van der Waals surface area contributed by atoms with Crippen LogP contribution in [0.25, 0.3) is 0 Å². The number of fused-ring (bicyclic) bond motifs is 1. The SMILES string of the molecule is CCNC(C)c1ccc(N2CCn3ccnc3C2)nc1. The van der Waals surface area contributed by atoms with E-state index in [0.717, 1.165) is 37.8 Å². The number of hydrogen-bond acceptors (Lipinski definition) is 4. The predicted octanol–water partition coefficient (Wildman–Crippen LogP) is 1.97. The maximum Gasteiger partial charge on any atom is 0.128 e. The smallest absolute Gasteiger partial charge is 0.128 e. The van der Waals surface area contributed by atoms with Gasteiger partial charge in [0.05, 0.1) is 6.54 Å². The van der Waals surface area contributed by atoms with E-state index >= 15 is 0 Å². The van der Waals surface area contributed by atoms with Gasteiger partial charge in [-0.1, -0.05) is 13.0 Å². The Morgan fingerprint density at radius 2 is 2.20 bits per heavy atom. The average molecular weight is 271 g/mol. The van der Waals surface area contributed by atoms with Crippen LogP contribution in [-0.4, -0.2) is 27.6 Å². The van der Waals surface area contributed by atoms with E-state index < -0.39 is 0 Å². The molecule has 2 aromatic heterocycles. The molecule has 0 saturated heterocycles. The van der Waals surface area contributed by atoms with E-state index in [-0.39, 0.29) is 0 Å². The highest BCUT2D eigenvalue weighted by atomic mass is 15.3. The minimum absolute atomic E-state index is 0.349. The molecule has 2 aromatic rings. The minimum Gasteiger partial charge on any atom is -0.347 e. The molecule has 1 aliphatic rings. The molecule has 0 amide bonds. The summed E-state index contributed by atoms with van der Waals surface area (Å²) in [5.41, 5.74) is 1.23. The summed E-state index contributed by atoms with van der Waals surface area (Å²) >= 11 is 0. The first kappa shape index (κ1) is 13.1. The summed E-state index contributed by atoms with van der Waals surface area (Å²) in [6.07, 6.45) is 5.89. The van der Waals surface area contributed by atoms with E-state index in [1.165, 1.54) is 5.56 Å². The molecular formula is C15H21N5. The van der Waals surface area contributed by atoms with Gasteiger partial charge in [0.15, 0.2) is 0 Å². The van der Waals surface area contributed by atoms with Crippen molar-refractivity contribution in [1.29, 1.82) is 0 Å². The van der Waals surface area contributed by atoms with Crippen LogP contribution in [0.5, 0.6) is 0 Å². The van der Waals surface area contributed by atoms with Crippen LogP contribution in [-0.2, 0) is 13.1 Å². The van der Waals surface area contributed by atoms with Gasteiger partial charge < -0.3 is 14.8 Å². The Bertz CT molecular complexity index is 560. The van der Waals surface area contributed by atoms with E-state index in [2.05, 4.69) is 50.7 Å². The largest absolute Gasteiger partial charge is 0.347 e. The van der Waals surface area contributed by atoms with Crippen molar-refractivity contribution in [3.05, 3.63) is 42.1 Å². The lowest BCUT2D eigenvalue weighted by Crippen LogP contribution is -2.34. The van der Waals surface area contributed by atoms with Crippen molar-refractivity contribution in [2.45, 2.75) is 33.0 Å². The lowest BCUT2D eigenvalue weighted by atomic mass is 10.1. The summed E-state index contributed by atoms with van der Waals surface area (Å²) in [7, 11) is 0. The third kappa shape index (κ3) is 2.54. The molecule has 5 nitrogen and oxygen atoms in total. The molecule has 1 aliphatic heterocycles. The Morgan fingerprint density at radius 3 is 2.95 bits per heavy atom. The van der Waals surface area contributed by atoms with E-state index in [1.54, 1.807) is 0 Å². The highest BCUT2D eigenvalue weighted by Crippen LogP contribution is 2.20. The molecule has 20 heavy (non-hydrogen) atoms. The maximum atomic E-state index is 4.61. The van der Waals surface area contributed by atoms with Crippen LogP contribution in [0.1, 0.15) is 31.3 Å². The first-order valence-electron chi connectivity index (χ1n) is 7.22. The first-order chi connectivity index (χ1) is 9.78. The molecule has 0 aliphatic carbocycles. The van der Waals surface area contributed by atoms with Crippen LogP contribution in [0, 0.1) is 0 Å². The molecule has 1 N–H and O–H groups in total. The van der Waals surface area contributed by atoms with Gasteiger partial charge in [-0.15, -0.1) is 0 Å². The van der Waals surface area contributed by atoms with E-state index in [4.69, 9.17) is 0 Å². The van der Waals surface area contributed by atoms with E-state index in [1.807, 2.05) is 18.6 Å². The second-order valence-electron chi connectivity index (χ2n) is 5.19. The average Bonchev–Trinajstić information content (AvgIpc) is 2.95. The number of hydrogen-bond donors (Lipinski definition) is 1. The fourth-order valence-corrected chi connectivity index (χ4v) is 2.63. The zero-order valence-corrected chi connectivity index (χ0v) is 12.1. The Labute approximate surface area is 119 Å². The molecule has 1 atom stereocenters. The number of nitrogens with one attached hydrogen (secondary N) is 1. The Balaban J connectivity index is 1.72. The van der Waals surface area contributed by atoms with Gasteiger partial charge in [0.25, 0.3) is 0 Å². The standard InChI is InChI=1S/C15H21N5/c1-3-16-12(2)13-4-5-14(18-10-13)20-9-8-19-7-6-17-15(19)11-20/h4-7,10,12,16H,3,8-9,11H2,1-2H3. The molecule has 3 heterocycles. The van der Waals surface area contributed by atoms with E-state index in [0.29, 0.717) is 6.04 Å². The Hall–Kier alpha value is -1.88. The van der Waals surface area contributed by atoms with Crippen LogP contribution in [0.4, 0.5) is 5.82 Å². The molecule has 5 heteroatoms. The van der Waals surface area contributed by atoms with Crippen molar-refractivity contribution < 1.29 is 0 Å². The second-order valence-corrected chi connectivity index (χ2v) is 5.19. The van der Waals surface area contributed by atoms with Gasteiger partial charge in [-0.05, 0) is 25.1 Å². The highest BCUT2D eigenvalue weighted by Gasteiger charge is 2.17. The van der Waals surface area contributed by atoms with Crippen LogP contribution in [0.15, 0.2) is 30.7 Å². The maximum absolute atomic E-state index is 4.61. The lowest BCUT2D eigenvalue weighted by Gasteiger charge is -2.28. The topological polar surface area (TPSA) is 46.0 Å². The summed E-state index contributed by atoms with van der Waals surface area (Å²) < 4.78 is 2.21. The zero-order chi connectivity index (χ0) is 13.9. The minimum atomic E-state index is 0.349. The third-order valence-corrected chi connectivity index (χ3v) is 3.85. The van der Waals surface area contributed by atoms with Crippen LogP contribution in [0.3, 0.4) is 0 Å². The Kier molecular flexibility index (Phi) is 3.69. The lowest BCUT2D eigenvalue weighted by molar-refractivity contribution is 0.555. The molecule has 0 bridgehead atoms. The summed E-state index contributed by atoms with van der Waals surface area (Å²) in [5, 5.41) is 3.40. The van der Waals surface area contributed by atoms with Crippen molar-refractivity contribution in [2.24, 2.45) is 0 Å². The number of nitrogens with zero attached hydrogens (tertiary/aromatic N) is 4. The molecule has 1 unspecified atom stereocenters. The van der Waals surface area contributed by atoms with Crippen molar-refractivity contribution in [1.82, 2.24) is 19.9 Å². The molecule has 0 radical (unpaired) electrons. The number of imidazole rings is 1. The zero-order valence-electron chi connectivity index (χ0n) is 12.1. The van der Waals surface area contributed by atoms with Crippen LogP contribution in [0.2, 0.25) is 0 Å². The van der Waals surface area contributed by atoms with Gasteiger partial charge in [-0.25, -0.2) is 9.97 Å². The number of anilines is 1. The predicted molar refractivity (Wildman–Crippen MR) is 79.6 cm³/mol. The summed E-state index contributed by atoms with van der Waals surface area (Å²) in [6.45, 7) is 8.05. The molecule has 3 rings (SSSR count). The fourth-order valence-electron chi connectivity index (χ4n) is 2.63. The fraction of sp³-hybridized carbons (Fsp3) is 0.467. The van der Waals surface area contributed by atoms with Crippen molar-refractivity contribution in [3.8, 4) is 0 Å². The van der Waals surface area contributed by atoms with Gasteiger partial charge in [0.1, 0.15) is 11.6 Å². The number of rotatable bonds is 4. The molecule has 0 spiro atoms. The molecule has 106 valence electrons. The molecule has 0 fully saturated rings. The van der Waals surface area contributed by atoms with Crippen molar-refractivity contribution >= 4 is 5.82 Å². The van der Waals surface area contributed by atoms with Gasteiger partial charge in [0, 0.05) is 37.7 Å². The molecule has 0 saturated carbocycles. The van der Waals surface area contributed by atoms with Crippen LogP contribution >= 0.6 is 0 Å². The summed E-state index contributed by atoms with van der Waals surface area (Å²) in [5.74, 6) is 2.15. The van der Waals surface area contributed by atoms with E-state index in [9.17, 15) is 0 Å². The monoisotopic (exact) mass is 271 g/mol. The van der Waals surface area contributed by atoms with Crippen LogP contribution < -0.4 is 10.2 Å². The first-order valence-corrected chi connectivity index (χ1v) is 7.22. The van der Waals surface area contributed by atoms with Gasteiger partial charge in [-0.3, -0.25) is 0 Å². The quantitative estimate of drug-likeness (QED) is 0.923. The van der Waals surface area contributed by atoms with Gasteiger partial charge in [0.2, 0.25) is 0 Å². The van der Waals surface area contributed by atoms with Crippen molar-refractivity contribution in [2.75, 3.05) is 18.0 Å². The summed E-state index contributed by atoms with van der Waals surface area (Å²) in [4.78, 5) is 11.3. The molecular weight excluding hydrogens is 250 g/mol.